The summed E-state index contributed by atoms with van der Waals surface area (Å²) < 4.78 is 28.8. The zero-order valence-corrected chi connectivity index (χ0v) is 14.4. The van der Waals surface area contributed by atoms with Gasteiger partial charge in [-0.15, -0.1) is 0 Å². The largest absolute Gasteiger partial charge is 0.497 e. The third-order valence-corrected chi connectivity index (χ3v) is 6.44. The van der Waals surface area contributed by atoms with Gasteiger partial charge in [-0.2, -0.15) is 0 Å². The molecule has 5 nitrogen and oxygen atoms in total. The van der Waals surface area contributed by atoms with Crippen LogP contribution in [0.15, 0.2) is 54.6 Å². The maximum Gasteiger partial charge on any atom is 0.325 e. The lowest BCUT2D eigenvalue weighted by Gasteiger charge is -2.25. The zero-order chi connectivity index (χ0) is 17.8. The van der Waals surface area contributed by atoms with E-state index in [9.17, 15) is 18.3 Å². The Morgan fingerprint density at radius 1 is 1.04 bits per heavy atom. The summed E-state index contributed by atoms with van der Waals surface area (Å²) in [6.45, 7) is 1.27. The molecule has 0 saturated heterocycles. The van der Waals surface area contributed by atoms with Crippen molar-refractivity contribution in [3.8, 4) is 5.75 Å². The van der Waals surface area contributed by atoms with Crippen molar-refractivity contribution in [2.24, 2.45) is 0 Å². The molecule has 0 bridgehead atoms. The molecule has 128 valence electrons. The minimum absolute atomic E-state index is 0.0817. The molecule has 0 fully saturated rings. The van der Waals surface area contributed by atoms with Crippen molar-refractivity contribution < 1.29 is 23.1 Å². The first-order valence-corrected chi connectivity index (χ1v) is 9.06. The van der Waals surface area contributed by atoms with Gasteiger partial charge in [0.05, 0.1) is 12.9 Å². The Balaban J connectivity index is 2.32. The van der Waals surface area contributed by atoms with E-state index in [4.69, 9.17) is 4.74 Å². The van der Waals surface area contributed by atoms with Crippen LogP contribution >= 0.6 is 0 Å². The minimum Gasteiger partial charge on any atom is -0.497 e. The monoisotopic (exact) mass is 348 g/mol. The van der Waals surface area contributed by atoms with Crippen LogP contribution in [0.25, 0.3) is 0 Å². The number of rotatable bonds is 7. The Morgan fingerprint density at radius 3 is 2.12 bits per heavy atom. The van der Waals surface area contributed by atoms with Crippen molar-refractivity contribution in [1.29, 1.82) is 0 Å². The molecule has 6 heteroatoms. The molecule has 2 rings (SSSR count). The van der Waals surface area contributed by atoms with Gasteiger partial charge in [0.15, 0.2) is 14.6 Å². The van der Waals surface area contributed by atoms with E-state index < -0.39 is 20.6 Å². The lowest BCUT2D eigenvalue weighted by molar-refractivity contribution is -0.139. The van der Waals surface area contributed by atoms with Crippen molar-refractivity contribution in [3.05, 3.63) is 65.7 Å². The number of sulfone groups is 1. The first-order chi connectivity index (χ1) is 11.3. The van der Waals surface area contributed by atoms with E-state index in [1.165, 1.54) is 14.0 Å². The van der Waals surface area contributed by atoms with Crippen LogP contribution in [0.1, 0.15) is 18.1 Å². The highest BCUT2D eigenvalue weighted by atomic mass is 32.2. The normalized spacial score (nSPS) is 13.9. The molecule has 24 heavy (non-hydrogen) atoms. The summed E-state index contributed by atoms with van der Waals surface area (Å²) in [5, 5.41) is 9.59. The van der Waals surface area contributed by atoms with Gasteiger partial charge in [-0.1, -0.05) is 42.5 Å². The summed E-state index contributed by atoms with van der Waals surface area (Å²) in [6.07, 6.45) is -0.0817. The Morgan fingerprint density at radius 2 is 1.62 bits per heavy atom. The second-order valence-electron chi connectivity index (χ2n) is 5.81. The van der Waals surface area contributed by atoms with Crippen LogP contribution in [0.3, 0.4) is 0 Å². The average Bonchev–Trinajstić information content (AvgIpc) is 2.55. The number of carboxylic acid groups (broad SMARTS) is 1. The summed E-state index contributed by atoms with van der Waals surface area (Å²) in [4.78, 5) is 11.8. The molecular formula is C18H20O5S. The second kappa shape index (κ2) is 7.05. The van der Waals surface area contributed by atoms with Crippen LogP contribution in [0.4, 0.5) is 0 Å². The predicted molar refractivity (Wildman–Crippen MR) is 91.8 cm³/mol. The van der Waals surface area contributed by atoms with Gasteiger partial charge in [0, 0.05) is 6.42 Å². The van der Waals surface area contributed by atoms with Crippen LogP contribution < -0.4 is 4.74 Å². The Bertz CT molecular complexity index is 797. The van der Waals surface area contributed by atoms with Gasteiger partial charge in [-0.05, 0) is 30.2 Å². The standard InChI is InChI=1S/C18H20O5S/c1-18(17(19)20,12-14-6-4-3-5-7-14)24(21,22)13-15-8-10-16(23-2)11-9-15/h3-11H,12-13H2,1-2H3,(H,19,20)/t18-/m0/s1. The first-order valence-electron chi connectivity index (χ1n) is 7.41. The molecule has 0 saturated carbocycles. The minimum atomic E-state index is -3.93. The molecular weight excluding hydrogens is 328 g/mol. The summed E-state index contributed by atoms with van der Waals surface area (Å²) in [7, 11) is -2.41. The molecule has 2 aromatic carbocycles. The molecule has 0 unspecified atom stereocenters. The molecule has 0 amide bonds. The van der Waals surface area contributed by atoms with Gasteiger partial charge in [0.2, 0.25) is 0 Å². The molecule has 1 atom stereocenters. The summed E-state index contributed by atoms with van der Waals surface area (Å²) in [5.41, 5.74) is 1.19. The lowest BCUT2D eigenvalue weighted by Crippen LogP contribution is -2.46. The quantitative estimate of drug-likeness (QED) is 0.832. The van der Waals surface area contributed by atoms with E-state index >= 15 is 0 Å². The van der Waals surface area contributed by atoms with Crippen molar-refractivity contribution in [2.75, 3.05) is 7.11 Å². The third kappa shape index (κ3) is 3.76. The highest BCUT2D eigenvalue weighted by Gasteiger charge is 2.46. The van der Waals surface area contributed by atoms with Gasteiger partial charge in [-0.25, -0.2) is 8.42 Å². The van der Waals surface area contributed by atoms with Gasteiger partial charge < -0.3 is 9.84 Å². The van der Waals surface area contributed by atoms with E-state index in [0.717, 1.165) is 0 Å². The fraction of sp³-hybridized carbons (Fsp3) is 0.278. The molecule has 0 aromatic heterocycles. The molecule has 1 N–H and O–H groups in total. The van der Waals surface area contributed by atoms with Crippen molar-refractivity contribution >= 4 is 15.8 Å². The average molecular weight is 348 g/mol. The zero-order valence-electron chi connectivity index (χ0n) is 13.6. The van der Waals surface area contributed by atoms with E-state index in [0.29, 0.717) is 16.9 Å². The van der Waals surface area contributed by atoms with Crippen LogP contribution in [0, 0.1) is 0 Å². The van der Waals surface area contributed by atoms with Crippen LogP contribution in [-0.4, -0.2) is 31.4 Å². The fourth-order valence-corrected chi connectivity index (χ4v) is 4.01. The number of hydrogen-bond donors (Lipinski definition) is 1. The molecule has 0 aliphatic heterocycles. The summed E-state index contributed by atoms with van der Waals surface area (Å²) in [6, 6.07) is 15.3. The summed E-state index contributed by atoms with van der Waals surface area (Å²) >= 11 is 0. The number of ether oxygens (including phenoxy) is 1. The maximum atomic E-state index is 12.8. The number of aliphatic carboxylic acids is 1. The highest BCUT2D eigenvalue weighted by molar-refractivity contribution is 7.92. The molecule has 0 aliphatic carbocycles. The number of benzene rings is 2. The van der Waals surface area contributed by atoms with E-state index in [-0.39, 0.29) is 12.2 Å². The van der Waals surface area contributed by atoms with Gasteiger partial charge >= 0.3 is 5.97 Å². The van der Waals surface area contributed by atoms with Crippen LogP contribution in [0.5, 0.6) is 5.75 Å². The molecule has 0 heterocycles. The number of carboxylic acids is 1. The highest BCUT2D eigenvalue weighted by Crippen LogP contribution is 2.27. The van der Waals surface area contributed by atoms with Crippen LogP contribution in [0.2, 0.25) is 0 Å². The Kier molecular flexibility index (Phi) is 5.29. The molecule has 0 spiro atoms. The smallest absolute Gasteiger partial charge is 0.325 e. The van der Waals surface area contributed by atoms with E-state index in [2.05, 4.69) is 0 Å². The number of carbonyl (C=O) groups is 1. The topological polar surface area (TPSA) is 80.7 Å². The maximum absolute atomic E-state index is 12.8. The lowest BCUT2D eigenvalue weighted by atomic mass is 10.0. The van der Waals surface area contributed by atoms with E-state index in [1.807, 2.05) is 0 Å². The fourth-order valence-electron chi connectivity index (χ4n) is 2.40. The third-order valence-electron chi connectivity index (χ3n) is 4.04. The van der Waals surface area contributed by atoms with Gasteiger partial charge in [0.1, 0.15) is 5.75 Å². The second-order valence-corrected chi connectivity index (χ2v) is 8.22. The predicted octanol–water partition coefficient (Wildman–Crippen LogP) is 2.70. The number of hydrogen-bond acceptors (Lipinski definition) is 4. The van der Waals surface area contributed by atoms with Crippen LogP contribution in [-0.2, 0) is 26.8 Å². The molecule has 0 aliphatic rings. The van der Waals surface area contributed by atoms with Gasteiger partial charge in [0.25, 0.3) is 0 Å². The first kappa shape index (κ1) is 18.0. The molecule has 0 radical (unpaired) electrons. The van der Waals surface area contributed by atoms with Crippen molar-refractivity contribution in [1.82, 2.24) is 0 Å². The van der Waals surface area contributed by atoms with E-state index in [1.54, 1.807) is 54.6 Å². The summed E-state index contributed by atoms with van der Waals surface area (Å²) in [5.74, 6) is -1.08. The van der Waals surface area contributed by atoms with Crippen molar-refractivity contribution in [3.63, 3.8) is 0 Å². The van der Waals surface area contributed by atoms with Crippen molar-refractivity contribution in [2.45, 2.75) is 23.8 Å². The van der Waals surface area contributed by atoms with Gasteiger partial charge in [-0.3, -0.25) is 4.79 Å². The molecule has 2 aromatic rings. The SMILES string of the molecule is COc1ccc(CS(=O)(=O)[C@@](C)(Cc2ccccc2)C(=O)O)cc1. The Labute approximate surface area is 141 Å². The Hall–Kier alpha value is -2.34. The number of methoxy groups -OCH3 is 1.